The summed E-state index contributed by atoms with van der Waals surface area (Å²) < 4.78 is 37.4. The molecule has 2 heterocycles. The van der Waals surface area contributed by atoms with E-state index in [4.69, 9.17) is 9.47 Å². The van der Waals surface area contributed by atoms with Crippen LogP contribution in [0, 0.1) is 0 Å². The molecule has 0 aromatic heterocycles. The third kappa shape index (κ3) is 4.22. The Kier molecular flexibility index (Phi) is 6.10. The second-order valence-electron chi connectivity index (χ2n) is 9.02. The first kappa shape index (κ1) is 21.6. The number of hydrogen-bond acceptors (Lipinski definition) is 6. The molecule has 0 bridgehead atoms. The first-order chi connectivity index (χ1) is 14.3. The van der Waals surface area contributed by atoms with Gasteiger partial charge in [-0.1, -0.05) is 31.4 Å². The highest BCUT2D eigenvalue weighted by atomic mass is 32.2. The Balaban J connectivity index is 1.36. The maximum atomic E-state index is 13.0. The van der Waals surface area contributed by atoms with Crippen molar-refractivity contribution in [1.29, 1.82) is 0 Å². The van der Waals surface area contributed by atoms with Crippen LogP contribution in [0.15, 0.2) is 24.3 Å². The second-order valence-corrected chi connectivity index (χ2v) is 11.3. The van der Waals surface area contributed by atoms with Gasteiger partial charge in [-0.05, 0) is 32.0 Å². The number of sulfone groups is 1. The summed E-state index contributed by atoms with van der Waals surface area (Å²) in [5.41, 5.74) is -0.281. The molecule has 1 spiro atoms. The molecule has 1 aromatic rings. The fourth-order valence-electron chi connectivity index (χ4n) is 5.03. The van der Waals surface area contributed by atoms with Gasteiger partial charge in [-0.2, -0.15) is 0 Å². The van der Waals surface area contributed by atoms with Crippen LogP contribution in [-0.4, -0.2) is 87.2 Å². The van der Waals surface area contributed by atoms with Gasteiger partial charge in [0, 0.05) is 12.6 Å². The number of carbonyl (C=O) groups excluding carboxylic acids is 1. The van der Waals surface area contributed by atoms with Crippen molar-refractivity contribution in [2.45, 2.75) is 49.0 Å². The maximum absolute atomic E-state index is 13.0. The van der Waals surface area contributed by atoms with Gasteiger partial charge in [-0.3, -0.25) is 4.79 Å². The number of nitrogens with zero attached hydrogens (tertiary/aromatic N) is 2. The third-order valence-corrected chi connectivity index (χ3v) is 9.05. The average Bonchev–Trinajstić information content (AvgIpc) is 2.73. The van der Waals surface area contributed by atoms with Gasteiger partial charge in [0.1, 0.15) is 11.4 Å². The number of rotatable bonds is 5. The quantitative estimate of drug-likeness (QED) is 0.703. The Bertz CT molecular complexity index is 875. The monoisotopic (exact) mass is 436 g/mol. The molecule has 1 aromatic carbocycles. The molecule has 1 atom stereocenters. The number of benzene rings is 1. The molecule has 0 radical (unpaired) electrons. The summed E-state index contributed by atoms with van der Waals surface area (Å²) in [6.45, 7) is 1.33. The van der Waals surface area contributed by atoms with Crippen molar-refractivity contribution in [3.63, 3.8) is 0 Å². The zero-order valence-electron chi connectivity index (χ0n) is 17.9. The van der Waals surface area contributed by atoms with Crippen LogP contribution in [-0.2, 0) is 14.6 Å². The highest BCUT2D eigenvalue weighted by molar-refractivity contribution is 7.92. The van der Waals surface area contributed by atoms with Crippen molar-refractivity contribution >= 4 is 15.7 Å². The smallest absolute Gasteiger partial charge is 0.257 e. The van der Waals surface area contributed by atoms with Gasteiger partial charge in [-0.25, -0.2) is 8.42 Å². The first-order valence-electron chi connectivity index (χ1n) is 10.8. The lowest BCUT2D eigenvalue weighted by Gasteiger charge is -2.52. The molecule has 1 amide bonds. The second kappa shape index (κ2) is 8.48. The van der Waals surface area contributed by atoms with Crippen LogP contribution in [0.3, 0.4) is 0 Å². The number of hydrogen-bond donors (Lipinski definition) is 0. The molecular formula is C22H32N2O5S. The van der Waals surface area contributed by atoms with Crippen LogP contribution < -0.4 is 4.74 Å². The minimum Gasteiger partial charge on any atom is -0.496 e. The number of carbonyl (C=O) groups is 1. The highest BCUT2D eigenvalue weighted by Crippen LogP contribution is 2.35. The van der Waals surface area contributed by atoms with Crippen LogP contribution >= 0.6 is 0 Å². The molecule has 2 saturated heterocycles. The van der Waals surface area contributed by atoms with E-state index in [0.29, 0.717) is 37.0 Å². The predicted octanol–water partition coefficient (Wildman–Crippen LogP) is 1.97. The largest absolute Gasteiger partial charge is 0.496 e. The topological polar surface area (TPSA) is 76.2 Å². The first-order valence-corrected chi connectivity index (χ1v) is 12.5. The molecule has 166 valence electrons. The highest BCUT2D eigenvalue weighted by Gasteiger charge is 2.54. The maximum Gasteiger partial charge on any atom is 0.257 e. The molecule has 7 nitrogen and oxygen atoms in total. The summed E-state index contributed by atoms with van der Waals surface area (Å²) in [5.74, 6) is 0.350. The molecule has 3 aliphatic rings. The minimum absolute atomic E-state index is 0.0150. The summed E-state index contributed by atoms with van der Waals surface area (Å²) in [6, 6.07) is 7.55. The summed E-state index contributed by atoms with van der Waals surface area (Å²) in [5, 5.41) is -0.492. The van der Waals surface area contributed by atoms with Crippen LogP contribution in [0.2, 0.25) is 0 Å². The summed E-state index contributed by atoms with van der Waals surface area (Å²) in [7, 11) is 0.286. The average molecular weight is 437 g/mol. The molecule has 30 heavy (non-hydrogen) atoms. The van der Waals surface area contributed by atoms with Crippen molar-refractivity contribution in [2.75, 3.05) is 46.2 Å². The van der Waals surface area contributed by atoms with E-state index in [-0.39, 0.29) is 18.3 Å². The summed E-state index contributed by atoms with van der Waals surface area (Å²) in [6.07, 6.45) is 6.02. The fourth-order valence-corrected chi connectivity index (χ4v) is 7.00. The van der Waals surface area contributed by atoms with Gasteiger partial charge in [0.05, 0.1) is 43.4 Å². The molecule has 0 N–H and O–H groups in total. The van der Waals surface area contributed by atoms with Crippen LogP contribution in [0.5, 0.6) is 5.75 Å². The summed E-state index contributed by atoms with van der Waals surface area (Å²) >= 11 is 0. The molecule has 4 rings (SSSR count). The van der Waals surface area contributed by atoms with Gasteiger partial charge in [0.15, 0.2) is 9.84 Å². The van der Waals surface area contributed by atoms with Gasteiger partial charge in [-0.15, -0.1) is 0 Å². The Morgan fingerprint density at radius 1 is 1.23 bits per heavy atom. The van der Waals surface area contributed by atoms with E-state index in [1.54, 1.807) is 23.1 Å². The third-order valence-electron chi connectivity index (χ3n) is 6.82. The Labute approximate surface area is 179 Å². The Hall–Kier alpha value is -1.64. The number of amides is 1. The lowest BCUT2D eigenvalue weighted by atomic mass is 9.94. The number of likely N-dealkylation sites (tertiary alicyclic amines) is 1. The number of ether oxygens (including phenoxy) is 2. The van der Waals surface area contributed by atoms with E-state index in [1.807, 2.05) is 13.1 Å². The van der Waals surface area contributed by atoms with Crippen molar-refractivity contribution in [3.05, 3.63) is 29.8 Å². The molecule has 8 heteroatoms. The molecule has 1 saturated carbocycles. The number of methoxy groups -OCH3 is 1. The van der Waals surface area contributed by atoms with E-state index < -0.39 is 20.7 Å². The van der Waals surface area contributed by atoms with E-state index in [0.717, 1.165) is 12.8 Å². The van der Waals surface area contributed by atoms with Crippen molar-refractivity contribution in [3.8, 4) is 5.75 Å². The molecule has 1 aliphatic carbocycles. The number of para-hydroxylation sites is 1. The van der Waals surface area contributed by atoms with E-state index in [9.17, 15) is 13.2 Å². The molecular weight excluding hydrogens is 404 g/mol. The van der Waals surface area contributed by atoms with Gasteiger partial charge >= 0.3 is 0 Å². The Morgan fingerprint density at radius 3 is 2.60 bits per heavy atom. The lowest BCUT2D eigenvalue weighted by molar-refractivity contribution is -0.121. The standard InChI is InChI=1S/C22H32N2O5S/c1-23(17-8-4-3-5-9-17)12-18-13-29-22(16-30(18,26)27)14-24(15-22)21(25)19-10-6-7-11-20(19)28-2/h6-7,10-11,17-18H,3-5,8-9,12-16H2,1-2H3/t18-/m0/s1. The van der Waals surface area contributed by atoms with Crippen molar-refractivity contribution < 1.29 is 22.7 Å². The summed E-state index contributed by atoms with van der Waals surface area (Å²) in [4.78, 5) is 16.7. The van der Waals surface area contributed by atoms with Gasteiger partial charge in [0.2, 0.25) is 0 Å². The lowest BCUT2D eigenvalue weighted by Crippen LogP contribution is -2.71. The minimum atomic E-state index is -3.28. The van der Waals surface area contributed by atoms with Crippen LogP contribution in [0.25, 0.3) is 0 Å². The molecule has 3 fully saturated rings. The van der Waals surface area contributed by atoms with E-state index in [2.05, 4.69) is 4.90 Å². The zero-order valence-corrected chi connectivity index (χ0v) is 18.7. The van der Waals surface area contributed by atoms with Crippen LogP contribution in [0.4, 0.5) is 0 Å². The van der Waals surface area contributed by atoms with Crippen molar-refractivity contribution in [2.24, 2.45) is 0 Å². The van der Waals surface area contributed by atoms with Crippen LogP contribution in [0.1, 0.15) is 42.5 Å². The normalized spacial score (nSPS) is 25.8. The fraction of sp³-hybridized carbons (Fsp3) is 0.682. The molecule has 2 aliphatic heterocycles. The van der Waals surface area contributed by atoms with E-state index in [1.165, 1.54) is 26.4 Å². The van der Waals surface area contributed by atoms with E-state index >= 15 is 0 Å². The molecule has 0 unspecified atom stereocenters. The van der Waals surface area contributed by atoms with Gasteiger partial charge in [0.25, 0.3) is 5.91 Å². The van der Waals surface area contributed by atoms with Crippen molar-refractivity contribution in [1.82, 2.24) is 9.80 Å². The Morgan fingerprint density at radius 2 is 1.93 bits per heavy atom. The zero-order chi connectivity index (χ0) is 21.4. The van der Waals surface area contributed by atoms with Gasteiger partial charge < -0.3 is 19.3 Å². The SMILES string of the molecule is COc1ccccc1C(=O)N1CC2(C1)CS(=O)(=O)[C@@H](CN(C)C1CCCCC1)CO2. The predicted molar refractivity (Wildman–Crippen MR) is 115 cm³/mol.